The molecule has 0 unspecified atom stereocenters. The average Bonchev–Trinajstić information content (AvgIpc) is 3.11. The zero-order chi connectivity index (χ0) is 23.1. The van der Waals surface area contributed by atoms with Gasteiger partial charge in [-0.05, 0) is 30.3 Å². The van der Waals surface area contributed by atoms with E-state index in [1.807, 2.05) is 30.5 Å². The monoisotopic (exact) mass is 447 g/mol. The number of nitrogens with two attached hydrogens (primary N) is 1. The Labute approximate surface area is 190 Å². The first-order chi connectivity index (χ1) is 15.1. The van der Waals surface area contributed by atoms with Crippen LogP contribution in [0, 0.1) is 0 Å². The second kappa shape index (κ2) is 8.22. The summed E-state index contributed by atoms with van der Waals surface area (Å²) < 4.78 is 8.78. The second-order valence-corrected chi connectivity index (χ2v) is 14.6. The molecule has 0 radical (unpaired) electrons. The molecule has 3 heterocycles. The number of pyridine rings is 1. The van der Waals surface area contributed by atoms with Gasteiger partial charge in [-0.3, -0.25) is 4.98 Å². The van der Waals surface area contributed by atoms with Crippen molar-refractivity contribution in [2.24, 2.45) is 10.7 Å². The van der Waals surface area contributed by atoms with Crippen LogP contribution < -0.4 is 21.8 Å². The molecule has 3 N–H and O–H groups in total. The summed E-state index contributed by atoms with van der Waals surface area (Å²) in [7, 11) is -1.95. The topological polar surface area (TPSA) is 77.5 Å². The maximum atomic E-state index is 6.64. The lowest BCUT2D eigenvalue weighted by Crippen LogP contribution is -2.46. The number of benzene rings is 1. The van der Waals surface area contributed by atoms with E-state index in [1.165, 1.54) is 0 Å². The zero-order valence-electron chi connectivity index (χ0n) is 19.6. The highest BCUT2D eigenvalue weighted by Gasteiger charge is 2.38. The van der Waals surface area contributed by atoms with Crippen molar-refractivity contribution in [1.29, 1.82) is 0 Å². The Morgan fingerprint density at radius 2 is 2.06 bits per heavy atom. The van der Waals surface area contributed by atoms with Gasteiger partial charge in [-0.15, -0.1) is 6.58 Å². The highest BCUT2D eigenvalue weighted by molar-refractivity contribution is 6.74. The smallest absolute Gasteiger partial charge is 0.192 e. The van der Waals surface area contributed by atoms with Crippen molar-refractivity contribution in [3.05, 3.63) is 66.1 Å². The Morgan fingerprint density at radius 1 is 1.31 bits per heavy atom. The molecule has 4 rings (SSSR count). The van der Waals surface area contributed by atoms with Crippen molar-refractivity contribution >= 4 is 25.0 Å². The maximum Gasteiger partial charge on any atom is 0.192 e. The first kappa shape index (κ1) is 22.3. The fourth-order valence-corrected chi connectivity index (χ4v) is 5.04. The minimum absolute atomic E-state index is 0.110. The molecule has 6 nitrogen and oxygen atoms in total. The van der Waals surface area contributed by atoms with Gasteiger partial charge in [0.1, 0.15) is 18.0 Å². The van der Waals surface area contributed by atoms with Gasteiger partial charge in [0.05, 0.1) is 23.4 Å². The van der Waals surface area contributed by atoms with E-state index < -0.39 is 8.32 Å². The molecule has 0 bridgehead atoms. The van der Waals surface area contributed by atoms with E-state index in [9.17, 15) is 0 Å². The number of rotatable bonds is 6. The number of para-hydroxylation sites is 1. The standard InChI is InChI=1S/C25H33N5OSi/c1-7-19(31-32(5,6)25(2,3)4)14-30-15-20(22-23(26)28-16-29-24(22)30)18-12-17-10-8-9-11-21(17)27-13-18/h7-13,15,19,28H,1,14,16,26H2,2-6H3/t19-/m1/s1. The molecule has 0 spiro atoms. The Bertz CT molecular complexity index is 1290. The normalized spacial score (nSPS) is 15.1. The van der Waals surface area contributed by atoms with Crippen molar-refractivity contribution in [3.63, 3.8) is 0 Å². The van der Waals surface area contributed by atoms with Crippen molar-refractivity contribution in [1.82, 2.24) is 14.9 Å². The Morgan fingerprint density at radius 3 is 2.78 bits per heavy atom. The van der Waals surface area contributed by atoms with Crippen LogP contribution in [0.25, 0.3) is 27.9 Å². The summed E-state index contributed by atoms with van der Waals surface area (Å²) in [6.07, 6.45) is 5.81. The molecule has 1 atom stereocenters. The van der Waals surface area contributed by atoms with Crippen LogP contribution in [0.15, 0.2) is 60.4 Å². The van der Waals surface area contributed by atoms with Gasteiger partial charge in [0.25, 0.3) is 0 Å². The Kier molecular flexibility index (Phi) is 5.73. The summed E-state index contributed by atoms with van der Waals surface area (Å²) in [6, 6.07) is 10.3. The van der Waals surface area contributed by atoms with Crippen LogP contribution in [0.2, 0.25) is 18.1 Å². The summed E-state index contributed by atoms with van der Waals surface area (Å²) in [4.78, 5) is 9.38. The highest BCUT2D eigenvalue weighted by atomic mass is 28.4. The van der Waals surface area contributed by atoms with Crippen molar-refractivity contribution in [3.8, 4) is 11.1 Å². The second-order valence-electron chi connectivity index (χ2n) is 9.87. The number of aromatic nitrogens is 2. The van der Waals surface area contributed by atoms with E-state index in [-0.39, 0.29) is 11.1 Å². The van der Waals surface area contributed by atoms with Gasteiger partial charge >= 0.3 is 0 Å². The largest absolute Gasteiger partial charge is 0.409 e. The van der Waals surface area contributed by atoms with Gasteiger partial charge in [0.2, 0.25) is 0 Å². The van der Waals surface area contributed by atoms with Crippen molar-refractivity contribution < 1.29 is 4.43 Å². The first-order valence-electron chi connectivity index (χ1n) is 11.0. The molecule has 168 valence electrons. The zero-order valence-corrected chi connectivity index (χ0v) is 20.6. The van der Waals surface area contributed by atoms with Gasteiger partial charge in [0, 0.05) is 28.9 Å². The van der Waals surface area contributed by atoms with Gasteiger partial charge < -0.3 is 20.0 Å². The number of nitrogens with zero attached hydrogens (tertiary/aromatic N) is 3. The SMILES string of the molecule is C=C[C@H](Cn1cc(-c2cnc3ccccc3c2)c2c1=NCNC=2N)O[Si](C)(C)C(C)(C)C. The lowest BCUT2D eigenvalue weighted by Gasteiger charge is -2.38. The van der Waals surface area contributed by atoms with Gasteiger partial charge in [-0.1, -0.05) is 45.0 Å². The molecule has 0 fully saturated rings. The molecule has 1 aliphatic rings. The van der Waals surface area contributed by atoms with Crippen LogP contribution in [0.1, 0.15) is 20.8 Å². The van der Waals surface area contributed by atoms with E-state index in [2.05, 4.69) is 73.6 Å². The molecule has 32 heavy (non-hydrogen) atoms. The molecule has 0 saturated heterocycles. The molecule has 0 aliphatic carbocycles. The third-order valence-electron chi connectivity index (χ3n) is 6.61. The van der Waals surface area contributed by atoms with Crippen LogP contribution in [0.4, 0.5) is 0 Å². The molecule has 1 aliphatic heterocycles. The molecular formula is C25H33N5OSi. The maximum absolute atomic E-state index is 6.64. The number of nitrogens with one attached hydrogen (secondary N) is 1. The number of hydrogen-bond acceptors (Lipinski definition) is 5. The fourth-order valence-electron chi connectivity index (χ4n) is 3.75. The molecular weight excluding hydrogens is 414 g/mol. The molecule has 0 amide bonds. The molecule has 2 aromatic heterocycles. The van der Waals surface area contributed by atoms with Crippen LogP contribution in [-0.4, -0.2) is 30.6 Å². The van der Waals surface area contributed by atoms with E-state index >= 15 is 0 Å². The fraction of sp³-hybridized carbons (Fsp3) is 0.360. The van der Waals surface area contributed by atoms with E-state index in [0.717, 1.165) is 32.7 Å². The lowest BCUT2D eigenvalue weighted by molar-refractivity contribution is 0.203. The minimum atomic E-state index is -1.95. The average molecular weight is 448 g/mol. The summed E-state index contributed by atoms with van der Waals surface area (Å²) in [6.45, 7) is 16.4. The van der Waals surface area contributed by atoms with E-state index in [4.69, 9.17) is 15.2 Å². The molecule has 7 heteroatoms. The number of fused-ring (bicyclic) bond motifs is 2. The Balaban J connectivity index is 1.78. The first-order valence-corrected chi connectivity index (χ1v) is 13.9. The summed E-state index contributed by atoms with van der Waals surface area (Å²) >= 11 is 0. The summed E-state index contributed by atoms with van der Waals surface area (Å²) in [5, 5.41) is 5.31. The van der Waals surface area contributed by atoms with Gasteiger partial charge in [-0.25, -0.2) is 4.99 Å². The van der Waals surface area contributed by atoms with Gasteiger partial charge in [-0.2, -0.15) is 0 Å². The van der Waals surface area contributed by atoms with E-state index in [1.54, 1.807) is 0 Å². The quantitative estimate of drug-likeness (QED) is 0.448. The molecule has 0 saturated carbocycles. The van der Waals surface area contributed by atoms with Gasteiger partial charge in [0.15, 0.2) is 8.32 Å². The molecule has 1 aromatic carbocycles. The summed E-state index contributed by atoms with van der Waals surface area (Å²) in [5.74, 6) is 0.636. The highest BCUT2D eigenvalue weighted by Crippen LogP contribution is 2.37. The Hall–Kier alpha value is -2.90. The summed E-state index contributed by atoms with van der Waals surface area (Å²) in [5.41, 5.74) is 10.3. The van der Waals surface area contributed by atoms with Crippen LogP contribution in [-0.2, 0) is 11.0 Å². The molecule has 3 aromatic rings. The lowest BCUT2D eigenvalue weighted by atomic mass is 10.1. The third kappa shape index (κ3) is 4.10. The van der Waals surface area contributed by atoms with Crippen LogP contribution in [0.3, 0.4) is 0 Å². The van der Waals surface area contributed by atoms with Crippen molar-refractivity contribution in [2.75, 3.05) is 6.67 Å². The predicted octanol–water partition coefficient (Wildman–Crippen LogP) is 3.48. The van der Waals surface area contributed by atoms with Crippen LogP contribution >= 0.6 is 0 Å². The third-order valence-corrected chi connectivity index (χ3v) is 11.1. The number of hydrogen-bond donors (Lipinski definition) is 2. The van der Waals surface area contributed by atoms with Crippen LogP contribution in [0.5, 0.6) is 0 Å². The van der Waals surface area contributed by atoms with Crippen molar-refractivity contribution in [2.45, 2.75) is 51.6 Å². The predicted molar refractivity (Wildman–Crippen MR) is 134 cm³/mol. The van der Waals surface area contributed by atoms with E-state index in [0.29, 0.717) is 19.0 Å². The minimum Gasteiger partial charge on any atom is -0.409 e.